The van der Waals surface area contributed by atoms with Crippen LogP contribution in [0.4, 0.5) is 0 Å². The summed E-state index contributed by atoms with van der Waals surface area (Å²) in [6.07, 6.45) is 5.78. The zero-order chi connectivity index (χ0) is 12.4. The second-order valence-corrected chi connectivity index (χ2v) is 4.57. The highest BCUT2D eigenvalue weighted by atomic mass is 16.5. The van der Waals surface area contributed by atoms with Crippen LogP contribution < -0.4 is 0 Å². The molecule has 0 aromatic carbocycles. The largest absolute Gasteiger partial charge is 0.465 e. The van der Waals surface area contributed by atoms with Gasteiger partial charge in [-0.05, 0) is 13.3 Å². The zero-order valence-electron chi connectivity index (χ0n) is 10.9. The molecule has 16 heavy (non-hydrogen) atoms. The lowest BCUT2D eigenvalue weighted by atomic mass is 10.1. The van der Waals surface area contributed by atoms with E-state index in [9.17, 15) is 9.90 Å². The van der Waals surface area contributed by atoms with E-state index in [0.717, 1.165) is 12.8 Å². The van der Waals surface area contributed by atoms with E-state index >= 15 is 0 Å². The number of carbonyl (C=O) groups is 1. The van der Waals surface area contributed by atoms with Gasteiger partial charge >= 0.3 is 5.97 Å². The fraction of sp³-hybridized carbons (Fsp3) is 0.923. The van der Waals surface area contributed by atoms with Gasteiger partial charge in [0.05, 0.1) is 12.7 Å². The molecular weight excluding hydrogens is 204 g/mol. The van der Waals surface area contributed by atoms with Gasteiger partial charge in [-0.25, -0.2) is 0 Å². The number of aliphatic hydroxyl groups is 1. The predicted molar refractivity (Wildman–Crippen MR) is 65.2 cm³/mol. The lowest BCUT2D eigenvalue weighted by Gasteiger charge is -2.14. The van der Waals surface area contributed by atoms with Gasteiger partial charge in [0.1, 0.15) is 0 Å². The van der Waals surface area contributed by atoms with Gasteiger partial charge in [0.25, 0.3) is 0 Å². The third-order valence-corrected chi connectivity index (χ3v) is 2.82. The van der Waals surface area contributed by atoms with Gasteiger partial charge < -0.3 is 9.84 Å². The highest BCUT2D eigenvalue weighted by molar-refractivity contribution is 5.69. The van der Waals surface area contributed by atoms with Gasteiger partial charge in [-0.2, -0.15) is 0 Å². The molecule has 2 unspecified atom stereocenters. The van der Waals surface area contributed by atoms with Crippen molar-refractivity contribution < 1.29 is 14.6 Å². The third-order valence-electron chi connectivity index (χ3n) is 2.82. The minimum absolute atomic E-state index is 0.0176. The minimum Gasteiger partial charge on any atom is -0.465 e. The van der Waals surface area contributed by atoms with E-state index in [1.807, 2.05) is 6.92 Å². The van der Waals surface area contributed by atoms with E-state index in [-0.39, 0.29) is 11.9 Å². The monoisotopic (exact) mass is 230 g/mol. The van der Waals surface area contributed by atoms with Crippen LogP contribution >= 0.6 is 0 Å². The predicted octanol–water partition coefficient (Wildman–Crippen LogP) is 2.91. The second-order valence-electron chi connectivity index (χ2n) is 4.57. The van der Waals surface area contributed by atoms with Crippen molar-refractivity contribution in [3.63, 3.8) is 0 Å². The number of unbranched alkanes of at least 4 members (excludes halogenated alkanes) is 4. The first-order valence-corrected chi connectivity index (χ1v) is 6.41. The van der Waals surface area contributed by atoms with E-state index in [2.05, 4.69) is 6.92 Å². The van der Waals surface area contributed by atoms with Crippen LogP contribution in [0.5, 0.6) is 0 Å². The first-order valence-electron chi connectivity index (χ1n) is 6.41. The molecule has 0 radical (unpaired) electrons. The highest BCUT2D eigenvalue weighted by Crippen LogP contribution is 2.07. The van der Waals surface area contributed by atoms with E-state index < -0.39 is 6.10 Å². The van der Waals surface area contributed by atoms with Crippen LogP contribution in [0.1, 0.15) is 59.3 Å². The molecular formula is C13H26O3. The van der Waals surface area contributed by atoms with Crippen molar-refractivity contribution in [3.8, 4) is 0 Å². The van der Waals surface area contributed by atoms with E-state index in [4.69, 9.17) is 4.74 Å². The van der Waals surface area contributed by atoms with Crippen molar-refractivity contribution in [2.24, 2.45) is 5.92 Å². The summed E-state index contributed by atoms with van der Waals surface area (Å²) in [4.78, 5) is 11.3. The Labute approximate surface area is 99.2 Å². The zero-order valence-corrected chi connectivity index (χ0v) is 10.9. The summed E-state index contributed by atoms with van der Waals surface area (Å²) in [5.41, 5.74) is 0. The number of ether oxygens (including phenoxy) is 1. The number of aliphatic hydroxyl groups excluding tert-OH is 1. The average Bonchev–Trinajstić information content (AvgIpc) is 2.25. The molecule has 0 amide bonds. The summed E-state index contributed by atoms with van der Waals surface area (Å²) in [6.45, 7) is 6.08. The summed E-state index contributed by atoms with van der Waals surface area (Å²) in [5, 5.41) is 9.22. The molecule has 0 aliphatic carbocycles. The maximum absolute atomic E-state index is 11.3. The van der Waals surface area contributed by atoms with Crippen molar-refractivity contribution in [2.45, 2.75) is 65.4 Å². The summed E-state index contributed by atoms with van der Waals surface area (Å²) in [5.74, 6) is -0.118. The van der Waals surface area contributed by atoms with E-state index in [1.54, 1.807) is 6.92 Å². The van der Waals surface area contributed by atoms with E-state index in [1.165, 1.54) is 19.3 Å². The molecule has 0 aliphatic heterocycles. The number of rotatable bonds is 9. The number of hydrogen-bond donors (Lipinski definition) is 1. The maximum Gasteiger partial charge on any atom is 0.305 e. The van der Waals surface area contributed by atoms with Crippen molar-refractivity contribution in [1.29, 1.82) is 0 Å². The Kier molecular flexibility index (Phi) is 9.30. The van der Waals surface area contributed by atoms with Crippen LogP contribution in [-0.2, 0) is 9.53 Å². The van der Waals surface area contributed by atoms with Crippen molar-refractivity contribution in [3.05, 3.63) is 0 Å². The van der Waals surface area contributed by atoms with Crippen molar-refractivity contribution in [2.75, 3.05) is 6.61 Å². The Balaban J connectivity index is 3.38. The molecule has 0 saturated carbocycles. The Morgan fingerprint density at radius 2 is 1.81 bits per heavy atom. The molecule has 0 aromatic heterocycles. The number of esters is 1. The number of carbonyl (C=O) groups excluding carboxylic acids is 1. The molecule has 0 rings (SSSR count). The van der Waals surface area contributed by atoms with Gasteiger partial charge in [-0.1, -0.05) is 39.5 Å². The summed E-state index contributed by atoms with van der Waals surface area (Å²) in [6, 6.07) is 0. The average molecular weight is 230 g/mol. The highest BCUT2D eigenvalue weighted by Gasteiger charge is 2.11. The molecule has 0 aliphatic rings. The molecule has 3 heteroatoms. The maximum atomic E-state index is 11.3. The lowest BCUT2D eigenvalue weighted by molar-refractivity contribution is -0.145. The molecule has 0 fully saturated rings. The lowest BCUT2D eigenvalue weighted by Crippen LogP contribution is -2.20. The van der Waals surface area contributed by atoms with Crippen molar-refractivity contribution in [1.82, 2.24) is 0 Å². The third kappa shape index (κ3) is 8.72. The normalized spacial score (nSPS) is 14.5. The fourth-order valence-corrected chi connectivity index (χ4v) is 1.31. The standard InChI is InChI=1S/C13H26O3/c1-4-5-6-7-8-9-13(15)16-10-11(2)12(3)14/h11-12,14H,4-10H2,1-3H3. The molecule has 2 atom stereocenters. The fourth-order valence-electron chi connectivity index (χ4n) is 1.31. The summed E-state index contributed by atoms with van der Waals surface area (Å²) < 4.78 is 5.07. The Morgan fingerprint density at radius 1 is 1.19 bits per heavy atom. The van der Waals surface area contributed by atoms with Crippen LogP contribution in [0, 0.1) is 5.92 Å². The van der Waals surface area contributed by atoms with Crippen LogP contribution in [-0.4, -0.2) is 23.8 Å². The molecule has 3 nitrogen and oxygen atoms in total. The van der Waals surface area contributed by atoms with Gasteiger partial charge in [-0.3, -0.25) is 4.79 Å². The van der Waals surface area contributed by atoms with Gasteiger partial charge in [0.15, 0.2) is 0 Å². The van der Waals surface area contributed by atoms with Crippen LogP contribution in [0.25, 0.3) is 0 Å². The molecule has 0 heterocycles. The Morgan fingerprint density at radius 3 is 2.38 bits per heavy atom. The molecule has 0 aromatic rings. The molecule has 0 spiro atoms. The smallest absolute Gasteiger partial charge is 0.305 e. The molecule has 0 bridgehead atoms. The topological polar surface area (TPSA) is 46.5 Å². The first kappa shape index (κ1) is 15.4. The van der Waals surface area contributed by atoms with E-state index in [0.29, 0.717) is 13.0 Å². The Hall–Kier alpha value is -0.570. The number of hydrogen-bond acceptors (Lipinski definition) is 3. The molecule has 0 saturated heterocycles. The van der Waals surface area contributed by atoms with Crippen LogP contribution in [0.3, 0.4) is 0 Å². The van der Waals surface area contributed by atoms with Crippen molar-refractivity contribution >= 4 is 5.97 Å². The molecule has 1 N–H and O–H groups in total. The van der Waals surface area contributed by atoms with Gasteiger partial charge in [0.2, 0.25) is 0 Å². The molecule has 96 valence electrons. The SMILES string of the molecule is CCCCCCCC(=O)OCC(C)C(C)O. The second kappa shape index (κ2) is 9.64. The van der Waals surface area contributed by atoms with Gasteiger partial charge in [0, 0.05) is 12.3 Å². The van der Waals surface area contributed by atoms with Crippen LogP contribution in [0.15, 0.2) is 0 Å². The quantitative estimate of drug-likeness (QED) is 0.489. The minimum atomic E-state index is -0.419. The first-order chi connectivity index (χ1) is 7.57. The Bertz CT molecular complexity index is 178. The van der Waals surface area contributed by atoms with Gasteiger partial charge in [-0.15, -0.1) is 0 Å². The van der Waals surface area contributed by atoms with Crippen LogP contribution in [0.2, 0.25) is 0 Å². The summed E-state index contributed by atoms with van der Waals surface area (Å²) in [7, 11) is 0. The summed E-state index contributed by atoms with van der Waals surface area (Å²) >= 11 is 0.